The molecule has 0 aromatic heterocycles. The summed E-state index contributed by atoms with van der Waals surface area (Å²) in [5.74, 6) is -2.45. The number of carbonyl (C=O) groups is 5. The molecule has 2 rings (SSSR count). The number of alkyl carbamates (subject to hydrolysis) is 1. The summed E-state index contributed by atoms with van der Waals surface area (Å²) in [6.07, 6.45) is -3.80. The van der Waals surface area contributed by atoms with Crippen LogP contribution in [0, 0.1) is 17.8 Å². The lowest BCUT2D eigenvalue weighted by atomic mass is 9.89. The minimum absolute atomic E-state index is 0.181. The maximum atomic E-state index is 13.6. The van der Waals surface area contributed by atoms with Crippen molar-refractivity contribution < 1.29 is 63.7 Å². The van der Waals surface area contributed by atoms with Crippen LogP contribution in [-0.4, -0.2) is 130 Å². The van der Waals surface area contributed by atoms with Gasteiger partial charge in [-0.1, -0.05) is 70.6 Å². The van der Waals surface area contributed by atoms with Gasteiger partial charge in [0.25, 0.3) is 0 Å². The lowest BCUT2D eigenvalue weighted by Gasteiger charge is -2.40. The van der Waals surface area contributed by atoms with E-state index in [0.29, 0.717) is 49.9 Å². The topological polar surface area (TPSA) is 337 Å². The molecule has 5 amide bonds. The monoisotopic (exact) mass is 895 g/mol. The molecule has 1 aliphatic rings. The number of benzene rings is 1. The number of ether oxygens (including phenoxy) is 3. The van der Waals surface area contributed by atoms with Gasteiger partial charge in [-0.25, -0.2) is 9.59 Å². The van der Waals surface area contributed by atoms with Gasteiger partial charge in [0, 0.05) is 42.4 Å². The first kappa shape index (κ1) is 54.5. The van der Waals surface area contributed by atoms with Gasteiger partial charge in [-0.05, 0) is 67.2 Å². The molecule has 21 heteroatoms. The minimum atomic E-state index is -1.68. The second kappa shape index (κ2) is 29.7. The minimum Gasteiger partial charge on any atom is -0.445 e. The largest absolute Gasteiger partial charge is 0.445 e. The highest BCUT2D eigenvalue weighted by Gasteiger charge is 2.44. The number of carbonyl (C=O) groups excluding carboxylic acids is 5. The zero-order valence-electron chi connectivity index (χ0n) is 36.9. The van der Waals surface area contributed by atoms with Crippen molar-refractivity contribution in [3.63, 3.8) is 0 Å². The smallest absolute Gasteiger partial charge is 0.407 e. The molecular formula is C42H70N8O13. The number of hydrogen-bond acceptors (Lipinski definition) is 14. The van der Waals surface area contributed by atoms with Crippen molar-refractivity contribution in [3.8, 4) is 0 Å². The number of hydrogen-bond donors (Lipinski definition) is 10. The Bertz CT molecular complexity index is 1600. The summed E-state index contributed by atoms with van der Waals surface area (Å²) >= 11 is 0. The molecule has 356 valence electrons. The third kappa shape index (κ3) is 20.2. The van der Waals surface area contributed by atoms with Gasteiger partial charge in [0.1, 0.15) is 31.0 Å². The van der Waals surface area contributed by atoms with Gasteiger partial charge in [-0.15, -0.1) is 0 Å². The van der Waals surface area contributed by atoms with E-state index in [-0.39, 0.29) is 62.5 Å². The Hall–Kier alpha value is -4.60. The Morgan fingerprint density at radius 1 is 0.937 bits per heavy atom. The van der Waals surface area contributed by atoms with E-state index in [2.05, 4.69) is 31.3 Å². The number of azide groups is 1. The van der Waals surface area contributed by atoms with E-state index < -0.39 is 79.4 Å². The van der Waals surface area contributed by atoms with Crippen molar-refractivity contribution in [2.24, 2.45) is 28.6 Å². The van der Waals surface area contributed by atoms with E-state index in [1.165, 1.54) is 0 Å². The second-order valence-corrected chi connectivity index (χ2v) is 16.4. The average Bonchev–Trinajstić information content (AvgIpc) is 3.25. The Morgan fingerprint density at radius 2 is 1.65 bits per heavy atom. The van der Waals surface area contributed by atoms with Crippen molar-refractivity contribution >= 4 is 35.4 Å². The number of anilines is 1. The zero-order valence-corrected chi connectivity index (χ0v) is 36.9. The quantitative estimate of drug-likeness (QED) is 0.0230. The van der Waals surface area contributed by atoms with Crippen molar-refractivity contribution in [2.75, 3.05) is 31.6 Å². The maximum absolute atomic E-state index is 13.6. The van der Waals surface area contributed by atoms with Gasteiger partial charge in [-0.3, -0.25) is 14.4 Å². The standard InChI is InChI=1S/C42H70N8O13/c1-5-6-8-12-26(4)35(54)30(24-61-40-38(57)37(56)36(55)32(22-51)63-40)48-42(60)62-23-27-15-17-29(18-16-27)47-39(58)28(13-11-19-45-41(43)59)21-31(52)34(25(2)3)49-33(53)14-9-7-10-20-46-50-44/h15-18,25-26,28,30,32,34-38,40,51,54-57H,5-14,19-24H2,1-4H3,(H,47,58)(H,48,60)(H,49,53)(H3,43,45,59)/t26-,28?,30?,32?,34+,35-,36+,37+,38?,40+/m1/s1. The summed E-state index contributed by atoms with van der Waals surface area (Å²) < 4.78 is 16.5. The van der Waals surface area contributed by atoms with Gasteiger partial charge < -0.3 is 66.7 Å². The van der Waals surface area contributed by atoms with Crippen LogP contribution < -0.4 is 27.0 Å². The number of Topliss-reactive ketones (excluding diaryl/α,β-unsaturated/α-hetero) is 1. The Labute approximate surface area is 368 Å². The Balaban J connectivity index is 2.07. The molecule has 63 heavy (non-hydrogen) atoms. The van der Waals surface area contributed by atoms with E-state index in [9.17, 15) is 49.5 Å². The third-order valence-electron chi connectivity index (χ3n) is 10.8. The van der Waals surface area contributed by atoms with Gasteiger partial charge in [0.2, 0.25) is 11.8 Å². The summed E-state index contributed by atoms with van der Waals surface area (Å²) in [6.45, 7) is 6.74. The van der Waals surface area contributed by atoms with Gasteiger partial charge in [0.05, 0.1) is 31.4 Å². The summed E-state index contributed by atoms with van der Waals surface area (Å²) in [7, 11) is 0. The number of nitrogens with zero attached hydrogens (tertiary/aromatic N) is 3. The van der Waals surface area contributed by atoms with Crippen molar-refractivity contribution in [2.45, 2.75) is 154 Å². The van der Waals surface area contributed by atoms with Crippen molar-refractivity contribution in [1.82, 2.24) is 16.0 Å². The highest BCUT2D eigenvalue weighted by atomic mass is 16.7. The molecule has 0 aliphatic carbocycles. The molecule has 1 aromatic carbocycles. The van der Waals surface area contributed by atoms with Crippen LogP contribution in [0.3, 0.4) is 0 Å². The summed E-state index contributed by atoms with van der Waals surface area (Å²) in [4.78, 5) is 66.8. The fourth-order valence-corrected chi connectivity index (χ4v) is 6.99. The van der Waals surface area contributed by atoms with Crippen LogP contribution in [0.4, 0.5) is 15.3 Å². The lowest BCUT2D eigenvalue weighted by Crippen LogP contribution is -2.60. The highest BCUT2D eigenvalue weighted by molar-refractivity contribution is 5.97. The number of urea groups is 1. The Kier molecular flexibility index (Phi) is 25.7. The van der Waals surface area contributed by atoms with Crippen LogP contribution in [0.2, 0.25) is 0 Å². The lowest BCUT2D eigenvalue weighted by molar-refractivity contribution is -0.303. The molecule has 1 aliphatic heterocycles. The number of amides is 5. The molecule has 0 bridgehead atoms. The first-order valence-corrected chi connectivity index (χ1v) is 21.8. The van der Waals surface area contributed by atoms with Crippen molar-refractivity contribution in [1.29, 1.82) is 0 Å². The fraction of sp³-hybridized carbons (Fsp3) is 0.738. The summed E-state index contributed by atoms with van der Waals surface area (Å²) in [5, 5.41) is 65.6. The summed E-state index contributed by atoms with van der Waals surface area (Å²) in [5.41, 5.74) is 14.5. The second-order valence-electron chi connectivity index (χ2n) is 16.4. The molecule has 4 unspecified atom stereocenters. The SMILES string of the molecule is CCCCC[C@@H](C)[C@@H](O)C(CO[C@H]1OC(CO)[C@H](O)[C@H](O)C1O)NC(=O)OCc1ccc(NC(=O)C(CCCNC(N)=O)CC(=O)[C@@H](NC(=O)CCCCCN=[N+]=[N-])C(C)C)cc1. The number of ketones is 1. The number of nitrogens with two attached hydrogens (primary N) is 1. The first-order chi connectivity index (χ1) is 30.0. The number of primary amides is 1. The van der Waals surface area contributed by atoms with E-state index in [0.717, 1.165) is 19.3 Å². The van der Waals surface area contributed by atoms with Crippen LogP contribution >= 0.6 is 0 Å². The zero-order chi connectivity index (χ0) is 46.9. The third-order valence-corrected chi connectivity index (χ3v) is 10.8. The van der Waals surface area contributed by atoms with Gasteiger partial charge in [0.15, 0.2) is 12.1 Å². The molecule has 0 radical (unpaired) electrons. The number of nitrogens with one attached hydrogen (secondary N) is 4. The fourth-order valence-electron chi connectivity index (χ4n) is 6.99. The number of aliphatic hydroxyl groups excluding tert-OH is 5. The number of aliphatic hydroxyl groups is 5. The van der Waals surface area contributed by atoms with E-state index in [1.807, 2.05) is 13.8 Å². The molecule has 1 saturated heterocycles. The molecule has 0 saturated carbocycles. The van der Waals surface area contributed by atoms with Crippen LogP contribution in [0.15, 0.2) is 29.4 Å². The van der Waals surface area contributed by atoms with Crippen LogP contribution in [0.5, 0.6) is 0 Å². The molecular weight excluding hydrogens is 825 g/mol. The molecule has 21 nitrogen and oxygen atoms in total. The summed E-state index contributed by atoms with van der Waals surface area (Å²) in [6, 6.07) is 3.80. The Morgan fingerprint density at radius 3 is 2.29 bits per heavy atom. The van der Waals surface area contributed by atoms with E-state index in [4.69, 9.17) is 25.5 Å². The number of rotatable bonds is 30. The highest BCUT2D eigenvalue weighted by Crippen LogP contribution is 2.24. The maximum Gasteiger partial charge on any atom is 0.407 e. The molecule has 1 fully saturated rings. The molecule has 1 heterocycles. The molecule has 11 N–H and O–H groups in total. The molecule has 0 spiro atoms. The van der Waals surface area contributed by atoms with Crippen LogP contribution in [0.25, 0.3) is 10.4 Å². The normalized spacial score (nSPS) is 20.9. The van der Waals surface area contributed by atoms with Gasteiger partial charge >= 0.3 is 12.1 Å². The van der Waals surface area contributed by atoms with Crippen LogP contribution in [-0.2, 0) is 35.2 Å². The first-order valence-electron chi connectivity index (χ1n) is 21.8. The van der Waals surface area contributed by atoms with E-state index >= 15 is 0 Å². The predicted octanol–water partition coefficient (Wildman–Crippen LogP) is 2.65. The van der Waals surface area contributed by atoms with Crippen molar-refractivity contribution in [3.05, 3.63) is 40.3 Å². The molecule has 10 atom stereocenters. The van der Waals surface area contributed by atoms with Gasteiger partial charge in [-0.2, -0.15) is 0 Å². The van der Waals surface area contributed by atoms with Crippen LogP contribution in [0.1, 0.15) is 104 Å². The van der Waals surface area contributed by atoms with E-state index in [1.54, 1.807) is 38.1 Å². The predicted molar refractivity (Wildman–Crippen MR) is 230 cm³/mol. The number of unbranched alkanes of at least 4 members (excludes halogenated alkanes) is 4. The average molecular weight is 895 g/mol. The molecule has 1 aromatic rings.